The fourth-order valence-electron chi connectivity index (χ4n) is 3.09. The maximum Gasteiger partial charge on any atom is 0.296 e. The number of anilines is 1. The molecule has 23 heavy (non-hydrogen) atoms. The van der Waals surface area contributed by atoms with Gasteiger partial charge in [0.1, 0.15) is 5.75 Å². The Hall–Kier alpha value is -2.10. The van der Waals surface area contributed by atoms with Crippen LogP contribution in [-0.2, 0) is 6.54 Å². The Morgan fingerprint density at radius 1 is 1.04 bits per heavy atom. The van der Waals surface area contributed by atoms with Crippen LogP contribution in [0.3, 0.4) is 0 Å². The summed E-state index contributed by atoms with van der Waals surface area (Å²) in [5.41, 5.74) is 0.164. The van der Waals surface area contributed by atoms with Gasteiger partial charge >= 0.3 is 0 Å². The zero-order chi connectivity index (χ0) is 16.3. The van der Waals surface area contributed by atoms with Crippen molar-refractivity contribution in [2.45, 2.75) is 44.9 Å². The van der Waals surface area contributed by atoms with Crippen LogP contribution in [0.25, 0.3) is 0 Å². The first kappa shape index (κ1) is 15.8. The Morgan fingerprint density at radius 2 is 1.74 bits per heavy atom. The molecule has 0 amide bonds. The van der Waals surface area contributed by atoms with Crippen molar-refractivity contribution < 1.29 is 13.5 Å². The van der Waals surface area contributed by atoms with Crippen molar-refractivity contribution in [1.29, 1.82) is 0 Å². The van der Waals surface area contributed by atoms with E-state index in [4.69, 9.17) is 4.74 Å². The quantitative estimate of drug-likeness (QED) is 0.722. The third-order valence-corrected chi connectivity index (χ3v) is 4.31. The summed E-state index contributed by atoms with van der Waals surface area (Å²) in [5.74, 6) is 0.542. The van der Waals surface area contributed by atoms with E-state index in [2.05, 4.69) is 0 Å². The summed E-state index contributed by atoms with van der Waals surface area (Å²) in [4.78, 5) is 1.73. The van der Waals surface area contributed by atoms with Gasteiger partial charge in [0.25, 0.3) is 6.43 Å². The van der Waals surface area contributed by atoms with Crippen LogP contribution in [0.15, 0.2) is 54.6 Å². The standard InChI is InChI=1S/C19H21F2NO/c1-2-3-13-19(18(20)21)22(14-15-9-5-4-6-10-15)16-11-7-8-12-17(16)23-19/h4-12,18H,2-3,13-14H2,1H3. The van der Waals surface area contributed by atoms with Gasteiger partial charge in [0.05, 0.1) is 5.69 Å². The number of rotatable bonds is 6. The Bertz CT molecular complexity index is 647. The smallest absolute Gasteiger partial charge is 0.296 e. The number of nitrogens with zero attached hydrogens (tertiary/aromatic N) is 1. The van der Waals surface area contributed by atoms with E-state index in [9.17, 15) is 8.78 Å². The van der Waals surface area contributed by atoms with Gasteiger partial charge in [0.15, 0.2) is 0 Å². The van der Waals surface area contributed by atoms with Crippen LogP contribution in [0.1, 0.15) is 31.7 Å². The number of unbranched alkanes of at least 4 members (excludes halogenated alkanes) is 1. The highest BCUT2D eigenvalue weighted by Crippen LogP contribution is 2.47. The summed E-state index contributed by atoms with van der Waals surface area (Å²) in [6.07, 6.45) is -0.718. The van der Waals surface area contributed by atoms with Gasteiger partial charge in [-0.3, -0.25) is 0 Å². The van der Waals surface area contributed by atoms with E-state index in [0.29, 0.717) is 25.1 Å². The van der Waals surface area contributed by atoms with E-state index in [-0.39, 0.29) is 0 Å². The largest absolute Gasteiger partial charge is 0.460 e. The Kier molecular flexibility index (Phi) is 4.51. The van der Waals surface area contributed by atoms with Gasteiger partial charge in [-0.1, -0.05) is 55.8 Å². The first-order valence-corrected chi connectivity index (χ1v) is 8.05. The molecule has 0 radical (unpaired) electrons. The summed E-state index contributed by atoms with van der Waals surface area (Å²) in [6, 6.07) is 17.0. The average Bonchev–Trinajstić information content (AvgIpc) is 2.89. The van der Waals surface area contributed by atoms with Crippen molar-refractivity contribution in [3.8, 4) is 5.75 Å². The molecule has 0 aliphatic carbocycles. The third-order valence-electron chi connectivity index (χ3n) is 4.31. The van der Waals surface area contributed by atoms with Gasteiger partial charge in [0, 0.05) is 13.0 Å². The Balaban J connectivity index is 2.00. The SMILES string of the molecule is CCCCC1(C(F)F)Oc2ccccc2N1Cc1ccccc1. The van der Waals surface area contributed by atoms with E-state index in [0.717, 1.165) is 17.7 Å². The maximum atomic E-state index is 14.1. The summed E-state index contributed by atoms with van der Waals surface area (Å²) in [6.45, 7) is 2.41. The van der Waals surface area contributed by atoms with E-state index >= 15 is 0 Å². The maximum absolute atomic E-state index is 14.1. The fraction of sp³-hybridized carbons (Fsp3) is 0.368. The van der Waals surface area contributed by atoms with Crippen LogP contribution >= 0.6 is 0 Å². The molecular weight excluding hydrogens is 296 g/mol. The second kappa shape index (κ2) is 6.57. The molecule has 122 valence electrons. The zero-order valence-corrected chi connectivity index (χ0v) is 13.2. The second-order valence-corrected chi connectivity index (χ2v) is 5.89. The number of hydrogen-bond acceptors (Lipinski definition) is 2. The normalized spacial score (nSPS) is 19.7. The van der Waals surface area contributed by atoms with Crippen molar-refractivity contribution in [3.05, 3.63) is 60.2 Å². The monoisotopic (exact) mass is 317 g/mol. The molecule has 1 aliphatic heterocycles. The van der Waals surface area contributed by atoms with Crippen LogP contribution in [0.4, 0.5) is 14.5 Å². The number of halogens is 2. The van der Waals surface area contributed by atoms with Gasteiger partial charge < -0.3 is 9.64 Å². The Labute approximate surface area is 135 Å². The highest BCUT2D eigenvalue weighted by atomic mass is 19.3. The predicted molar refractivity (Wildman–Crippen MR) is 88.0 cm³/mol. The van der Waals surface area contributed by atoms with Gasteiger partial charge in [-0.05, 0) is 24.1 Å². The molecule has 0 aromatic heterocycles. The topological polar surface area (TPSA) is 12.5 Å². The lowest BCUT2D eigenvalue weighted by Gasteiger charge is -2.38. The molecule has 2 nitrogen and oxygen atoms in total. The molecule has 4 heteroatoms. The average molecular weight is 317 g/mol. The van der Waals surface area contributed by atoms with E-state index in [1.807, 2.05) is 55.5 Å². The molecule has 1 atom stereocenters. The molecule has 2 aromatic rings. The van der Waals surface area contributed by atoms with Crippen molar-refractivity contribution in [3.63, 3.8) is 0 Å². The molecule has 0 spiro atoms. The first-order chi connectivity index (χ1) is 11.2. The Morgan fingerprint density at radius 3 is 2.43 bits per heavy atom. The molecule has 0 saturated heterocycles. The molecule has 0 fully saturated rings. The lowest BCUT2D eigenvalue weighted by molar-refractivity contribution is -0.0730. The number of alkyl halides is 2. The highest BCUT2D eigenvalue weighted by Gasteiger charge is 2.52. The number of fused-ring (bicyclic) bond motifs is 1. The fourth-order valence-corrected chi connectivity index (χ4v) is 3.09. The summed E-state index contributed by atoms with van der Waals surface area (Å²) in [5, 5.41) is 0. The second-order valence-electron chi connectivity index (χ2n) is 5.89. The lowest BCUT2D eigenvalue weighted by atomic mass is 10.0. The number of hydrogen-bond donors (Lipinski definition) is 0. The van der Waals surface area contributed by atoms with Gasteiger partial charge in [-0.15, -0.1) is 0 Å². The third kappa shape index (κ3) is 2.90. The molecular formula is C19H21F2NO. The molecule has 2 aromatic carbocycles. The number of ether oxygens (including phenoxy) is 1. The number of para-hydroxylation sites is 2. The van der Waals surface area contributed by atoms with Gasteiger partial charge in [-0.2, -0.15) is 0 Å². The van der Waals surface area contributed by atoms with Crippen molar-refractivity contribution in [2.24, 2.45) is 0 Å². The summed E-state index contributed by atoms with van der Waals surface area (Å²) < 4.78 is 34.0. The molecule has 0 bridgehead atoms. The van der Waals surface area contributed by atoms with Crippen molar-refractivity contribution in [1.82, 2.24) is 0 Å². The minimum Gasteiger partial charge on any atom is -0.460 e. The lowest BCUT2D eigenvalue weighted by Crippen LogP contribution is -2.55. The van der Waals surface area contributed by atoms with Gasteiger partial charge in [-0.25, -0.2) is 8.78 Å². The minimum atomic E-state index is -2.58. The van der Waals surface area contributed by atoms with Crippen molar-refractivity contribution in [2.75, 3.05) is 4.90 Å². The van der Waals surface area contributed by atoms with Crippen molar-refractivity contribution >= 4 is 5.69 Å². The molecule has 0 N–H and O–H groups in total. The molecule has 1 aliphatic rings. The van der Waals surface area contributed by atoms with Crippen LogP contribution in [0.5, 0.6) is 5.75 Å². The van der Waals surface area contributed by atoms with Crippen LogP contribution < -0.4 is 9.64 Å². The molecule has 0 saturated carbocycles. The van der Waals surface area contributed by atoms with E-state index < -0.39 is 12.2 Å². The number of benzene rings is 2. The van der Waals surface area contributed by atoms with Gasteiger partial charge in [0.2, 0.25) is 5.72 Å². The van der Waals surface area contributed by atoms with E-state index in [1.54, 1.807) is 11.0 Å². The van der Waals surface area contributed by atoms with Crippen LogP contribution in [0.2, 0.25) is 0 Å². The highest BCUT2D eigenvalue weighted by molar-refractivity contribution is 5.64. The molecule has 3 rings (SSSR count). The van der Waals surface area contributed by atoms with E-state index in [1.165, 1.54) is 0 Å². The minimum absolute atomic E-state index is 0.308. The summed E-state index contributed by atoms with van der Waals surface area (Å²) >= 11 is 0. The van der Waals surface area contributed by atoms with Crippen LogP contribution in [0, 0.1) is 0 Å². The van der Waals surface area contributed by atoms with Crippen LogP contribution in [-0.4, -0.2) is 12.2 Å². The first-order valence-electron chi connectivity index (χ1n) is 8.05. The molecule has 1 heterocycles. The molecule has 1 unspecified atom stereocenters. The zero-order valence-electron chi connectivity index (χ0n) is 13.2. The predicted octanol–water partition coefficient (Wildman–Crippen LogP) is 5.24. The summed E-state index contributed by atoms with van der Waals surface area (Å²) in [7, 11) is 0.